The van der Waals surface area contributed by atoms with E-state index in [1.54, 1.807) is 0 Å². The molecular weight excluding hydrogens is 877 g/mol. The first-order valence-electron chi connectivity index (χ1n) is 30.1. The third-order valence-electron chi connectivity index (χ3n) is 12.9. The summed E-state index contributed by atoms with van der Waals surface area (Å²) in [5, 5.41) is 0. The van der Waals surface area contributed by atoms with Crippen LogP contribution in [0.25, 0.3) is 0 Å². The molecule has 0 saturated heterocycles. The van der Waals surface area contributed by atoms with Gasteiger partial charge < -0.3 is 14.2 Å². The van der Waals surface area contributed by atoms with Crippen molar-refractivity contribution in [2.45, 2.75) is 297 Å². The van der Waals surface area contributed by atoms with E-state index in [4.69, 9.17) is 14.2 Å². The summed E-state index contributed by atoms with van der Waals surface area (Å²) in [6, 6.07) is 0. The molecule has 0 radical (unpaired) electrons. The fourth-order valence-corrected chi connectivity index (χ4v) is 8.34. The van der Waals surface area contributed by atoms with Crippen LogP contribution in [0.3, 0.4) is 0 Å². The number of rotatable bonds is 54. The van der Waals surface area contributed by atoms with E-state index in [0.29, 0.717) is 19.3 Å². The second kappa shape index (κ2) is 59.2. The number of ether oxygens (including phenoxy) is 3. The molecule has 0 unspecified atom stereocenters. The van der Waals surface area contributed by atoms with Gasteiger partial charge in [0.15, 0.2) is 6.10 Å². The maximum absolute atomic E-state index is 12.9. The Morgan fingerprint density at radius 3 is 0.930 bits per heavy atom. The van der Waals surface area contributed by atoms with Crippen LogP contribution < -0.4 is 0 Å². The predicted octanol–water partition coefficient (Wildman–Crippen LogP) is 20.3. The molecule has 0 aromatic rings. The molecule has 6 nitrogen and oxygen atoms in total. The maximum atomic E-state index is 12.9. The van der Waals surface area contributed by atoms with Crippen molar-refractivity contribution in [2.75, 3.05) is 13.2 Å². The van der Waals surface area contributed by atoms with Gasteiger partial charge >= 0.3 is 17.9 Å². The van der Waals surface area contributed by atoms with E-state index in [9.17, 15) is 14.4 Å². The number of esters is 3. The van der Waals surface area contributed by atoms with Crippen LogP contribution in [-0.4, -0.2) is 37.2 Å². The lowest BCUT2D eigenvalue weighted by molar-refractivity contribution is -0.167. The average Bonchev–Trinajstić information content (AvgIpc) is 3.37. The van der Waals surface area contributed by atoms with Crippen LogP contribution in [0.2, 0.25) is 0 Å². The molecule has 0 aromatic carbocycles. The van der Waals surface area contributed by atoms with Gasteiger partial charge in [-0.3, -0.25) is 14.4 Å². The fourth-order valence-electron chi connectivity index (χ4n) is 8.34. The molecule has 0 spiro atoms. The highest BCUT2D eigenvalue weighted by atomic mass is 16.6. The van der Waals surface area contributed by atoms with Gasteiger partial charge in [-0.1, -0.05) is 241 Å². The first-order valence-corrected chi connectivity index (χ1v) is 30.1. The molecule has 0 aromatic heterocycles. The van der Waals surface area contributed by atoms with Crippen molar-refractivity contribution in [3.63, 3.8) is 0 Å². The lowest BCUT2D eigenvalue weighted by Gasteiger charge is -2.18. The lowest BCUT2D eigenvalue weighted by atomic mass is 10.1. The maximum Gasteiger partial charge on any atom is 0.306 e. The Morgan fingerprint density at radius 2 is 0.549 bits per heavy atom. The molecule has 0 bridgehead atoms. The van der Waals surface area contributed by atoms with E-state index >= 15 is 0 Å². The summed E-state index contributed by atoms with van der Waals surface area (Å²) < 4.78 is 16.9. The molecule has 0 fully saturated rings. The highest BCUT2D eigenvalue weighted by Crippen LogP contribution is 2.15. The van der Waals surface area contributed by atoms with E-state index in [1.807, 2.05) is 0 Å². The molecule has 0 amide bonds. The van der Waals surface area contributed by atoms with Crippen LogP contribution in [0.1, 0.15) is 290 Å². The third kappa shape index (κ3) is 57.4. The van der Waals surface area contributed by atoms with Crippen molar-refractivity contribution < 1.29 is 28.6 Å². The summed E-state index contributed by atoms with van der Waals surface area (Å²) in [6.45, 7) is 6.48. The molecule has 0 heterocycles. The topological polar surface area (TPSA) is 78.9 Å². The predicted molar refractivity (Wildman–Crippen MR) is 307 cm³/mol. The van der Waals surface area contributed by atoms with Crippen LogP contribution >= 0.6 is 0 Å². The molecule has 0 N–H and O–H groups in total. The number of hydrogen-bond acceptors (Lipinski definition) is 6. The molecule has 71 heavy (non-hydrogen) atoms. The van der Waals surface area contributed by atoms with Crippen molar-refractivity contribution >= 4 is 17.9 Å². The quantitative estimate of drug-likeness (QED) is 0.0261. The minimum Gasteiger partial charge on any atom is -0.462 e. The molecule has 6 heteroatoms. The minimum absolute atomic E-state index is 0.0950. The van der Waals surface area contributed by atoms with Crippen molar-refractivity contribution in [3.8, 4) is 0 Å². The van der Waals surface area contributed by atoms with E-state index in [2.05, 4.69) is 106 Å². The first kappa shape index (κ1) is 67.6. The standard InChI is InChI=1S/C65H112O6/c1-4-7-10-13-16-19-22-25-28-30-32-34-37-39-42-45-48-51-54-57-63(66)69-60-62(71-65(68)59-56-53-50-47-44-41-36-27-24-21-18-15-12-9-6-3)61-70-64(67)58-55-52-49-46-43-40-38-35-33-31-29-26-23-20-17-14-11-8-5-2/h9,12,16,18-19,21,25-29,36,44,47,62H,4-8,10-11,13-15,17,20,22-24,30-35,37-43,45-46,48-61H2,1-3H3/b12-9-,19-16-,21-18-,28-25-,29-26-,36-27-,47-44-/t62-/m1/s1. The average molecular weight is 990 g/mol. The Bertz CT molecular complexity index is 1370. The number of hydrogen-bond donors (Lipinski definition) is 0. The van der Waals surface area contributed by atoms with Gasteiger partial charge in [-0.2, -0.15) is 0 Å². The number of allylic oxidation sites excluding steroid dienone is 14. The normalized spacial score (nSPS) is 12.7. The Morgan fingerprint density at radius 1 is 0.296 bits per heavy atom. The largest absolute Gasteiger partial charge is 0.462 e. The van der Waals surface area contributed by atoms with Crippen LogP contribution in [0.4, 0.5) is 0 Å². The Kier molecular flexibility index (Phi) is 56.3. The highest BCUT2D eigenvalue weighted by Gasteiger charge is 2.19. The van der Waals surface area contributed by atoms with Gasteiger partial charge in [0.05, 0.1) is 0 Å². The molecule has 0 aliphatic heterocycles. The minimum atomic E-state index is -0.802. The lowest BCUT2D eigenvalue weighted by Crippen LogP contribution is -2.30. The summed E-state index contributed by atoms with van der Waals surface area (Å²) in [6.07, 6.45) is 77.2. The van der Waals surface area contributed by atoms with E-state index in [0.717, 1.165) is 83.5 Å². The highest BCUT2D eigenvalue weighted by molar-refractivity contribution is 5.71. The number of carbonyl (C=O) groups excluding carboxylic acids is 3. The van der Waals surface area contributed by atoms with E-state index < -0.39 is 6.10 Å². The number of unbranched alkanes of at least 4 members (excludes halogenated alkanes) is 29. The van der Waals surface area contributed by atoms with Crippen molar-refractivity contribution in [1.29, 1.82) is 0 Å². The van der Waals surface area contributed by atoms with Crippen molar-refractivity contribution in [3.05, 3.63) is 85.1 Å². The summed E-state index contributed by atoms with van der Waals surface area (Å²) in [5.74, 6) is -0.935. The second-order valence-electron chi connectivity index (χ2n) is 19.9. The fraction of sp³-hybridized carbons (Fsp3) is 0.738. The van der Waals surface area contributed by atoms with Gasteiger partial charge in [-0.05, 0) is 116 Å². The molecule has 0 saturated carbocycles. The number of carbonyl (C=O) groups is 3. The van der Waals surface area contributed by atoms with Gasteiger partial charge in [-0.25, -0.2) is 0 Å². The molecule has 0 aliphatic rings. The molecule has 0 aliphatic carbocycles. The summed E-state index contributed by atoms with van der Waals surface area (Å²) in [7, 11) is 0. The van der Waals surface area contributed by atoms with E-state index in [-0.39, 0.29) is 37.5 Å². The Hall–Kier alpha value is -3.41. The smallest absolute Gasteiger partial charge is 0.306 e. The summed E-state index contributed by atoms with van der Waals surface area (Å²) in [4.78, 5) is 38.2. The van der Waals surface area contributed by atoms with Gasteiger partial charge in [0, 0.05) is 19.3 Å². The molecule has 408 valence electrons. The Labute approximate surface area is 439 Å². The first-order chi connectivity index (χ1) is 35.0. The summed E-state index contributed by atoms with van der Waals surface area (Å²) >= 11 is 0. The van der Waals surface area contributed by atoms with Gasteiger partial charge in [0.2, 0.25) is 0 Å². The molecular formula is C65H112O6. The van der Waals surface area contributed by atoms with Gasteiger partial charge in [0.1, 0.15) is 13.2 Å². The molecule has 0 rings (SSSR count). The zero-order valence-electron chi connectivity index (χ0n) is 46.7. The van der Waals surface area contributed by atoms with Crippen molar-refractivity contribution in [1.82, 2.24) is 0 Å². The van der Waals surface area contributed by atoms with Gasteiger partial charge in [0.25, 0.3) is 0 Å². The zero-order chi connectivity index (χ0) is 51.4. The summed E-state index contributed by atoms with van der Waals surface area (Å²) in [5.41, 5.74) is 0. The third-order valence-corrected chi connectivity index (χ3v) is 12.9. The Balaban J connectivity index is 4.41. The monoisotopic (exact) mass is 989 g/mol. The zero-order valence-corrected chi connectivity index (χ0v) is 46.7. The second-order valence-corrected chi connectivity index (χ2v) is 19.9. The molecule has 1 atom stereocenters. The van der Waals surface area contributed by atoms with Crippen LogP contribution in [0, 0.1) is 0 Å². The SMILES string of the molecule is CC/C=C\C/C=C\C/C=C\C/C=C\CCCCC(=O)O[C@H](COC(=O)CCCCCCCCCCC/C=C\C/C=C\CCCCC)COC(=O)CCCCCCCCCCC/C=C\CCCCCCCC. The van der Waals surface area contributed by atoms with Crippen LogP contribution in [0.15, 0.2) is 85.1 Å². The van der Waals surface area contributed by atoms with Crippen LogP contribution in [0.5, 0.6) is 0 Å². The van der Waals surface area contributed by atoms with Crippen molar-refractivity contribution in [2.24, 2.45) is 0 Å². The van der Waals surface area contributed by atoms with Crippen LogP contribution in [-0.2, 0) is 28.6 Å². The van der Waals surface area contributed by atoms with E-state index in [1.165, 1.54) is 161 Å². The van der Waals surface area contributed by atoms with Gasteiger partial charge in [-0.15, -0.1) is 0 Å².